The van der Waals surface area contributed by atoms with Crippen LogP contribution in [0.1, 0.15) is 13.8 Å². The van der Waals surface area contributed by atoms with Gasteiger partial charge in [0, 0.05) is 19.1 Å². The van der Waals surface area contributed by atoms with Crippen molar-refractivity contribution in [2.24, 2.45) is 0 Å². The predicted octanol–water partition coefficient (Wildman–Crippen LogP) is 3.07. The van der Waals surface area contributed by atoms with Gasteiger partial charge >= 0.3 is 0 Å². The molecule has 1 aromatic carbocycles. The Bertz CT molecular complexity index is 352. The number of rotatable bonds is 7. The van der Waals surface area contributed by atoms with E-state index in [2.05, 4.69) is 18.7 Å². The first-order valence-corrected chi connectivity index (χ1v) is 6.73. The Kier molecular flexibility index (Phi) is 6.79. The number of hydrogen-bond donors (Lipinski definition) is 1. The Morgan fingerprint density at radius 2 is 1.83 bits per heavy atom. The zero-order valence-electron chi connectivity index (χ0n) is 10.7. The van der Waals surface area contributed by atoms with Crippen molar-refractivity contribution in [1.29, 1.82) is 0 Å². The number of para-hydroxylation sites is 1. The maximum absolute atomic E-state index is 8.97. The number of nitrogens with zero attached hydrogens (tertiary/aromatic N) is 1. The largest absolute Gasteiger partial charge is 0.489 e. The second-order valence-corrected chi connectivity index (χ2v) is 5.07. The normalized spacial score (nSPS) is 11.3. The standard InChI is InChI=1S/C13H19Cl2NO2/c1-10(2)16(6-8-17)7-9-18-13-11(14)4-3-5-12(13)15/h3-5,10,17H,6-9H2,1-2H3. The SMILES string of the molecule is CC(C)N(CCO)CCOc1c(Cl)cccc1Cl. The van der Waals surface area contributed by atoms with Gasteiger partial charge in [0.15, 0.2) is 5.75 Å². The first-order chi connectivity index (χ1) is 8.56. The minimum atomic E-state index is 0.144. The molecule has 0 radical (unpaired) electrons. The van der Waals surface area contributed by atoms with E-state index >= 15 is 0 Å². The molecule has 0 amide bonds. The molecule has 0 bridgehead atoms. The minimum absolute atomic E-state index is 0.144. The van der Waals surface area contributed by atoms with E-state index in [9.17, 15) is 0 Å². The van der Waals surface area contributed by atoms with Crippen molar-refractivity contribution in [3.05, 3.63) is 28.2 Å². The molecule has 3 nitrogen and oxygen atoms in total. The van der Waals surface area contributed by atoms with Gasteiger partial charge in [0.2, 0.25) is 0 Å². The van der Waals surface area contributed by atoms with Crippen molar-refractivity contribution < 1.29 is 9.84 Å². The Morgan fingerprint density at radius 1 is 1.22 bits per heavy atom. The molecular formula is C13H19Cl2NO2. The van der Waals surface area contributed by atoms with Crippen molar-refractivity contribution in [2.45, 2.75) is 19.9 Å². The fourth-order valence-corrected chi connectivity index (χ4v) is 2.15. The summed E-state index contributed by atoms with van der Waals surface area (Å²) < 4.78 is 5.61. The van der Waals surface area contributed by atoms with E-state index < -0.39 is 0 Å². The van der Waals surface area contributed by atoms with Crippen molar-refractivity contribution in [1.82, 2.24) is 4.90 Å². The van der Waals surface area contributed by atoms with Crippen LogP contribution in [0.15, 0.2) is 18.2 Å². The average molecular weight is 292 g/mol. The number of ether oxygens (including phenoxy) is 1. The third-order valence-electron chi connectivity index (χ3n) is 2.66. The predicted molar refractivity (Wildman–Crippen MR) is 75.8 cm³/mol. The first kappa shape index (κ1) is 15.6. The summed E-state index contributed by atoms with van der Waals surface area (Å²) in [4.78, 5) is 2.13. The maximum atomic E-state index is 8.97. The molecule has 1 aromatic rings. The van der Waals surface area contributed by atoms with Gasteiger partial charge in [-0.3, -0.25) is 4.90 Å². The van der Waals surface area contributed by atoms with Gasteiger partial charge in [-0.1, -0.05) is 29.3 Å². The van der Waals surface area contributed by atoms with Crippen LogP contribution in [-0.2, 0) is 0 Å². The summed E-state index contributed by atoms with van der Waals surface area (Å²) in [7, 11) is 0. The fraction of sp³-hybridized carbons (Fsp3) is 0.538. The highest BCUT2D eigenvalue weighted by Crippen LogP contribution is 2.32. The Labute approximate surface area is 118 Å². The lowest BCUT2D eigenvalue weighted by Gasteiger charge is -2.25. The number of halogens is 2. The summed E-state index contributed by atoms with van der Waals surface area (Å²) in [5, 5.41) is 9.99. The van der Waals surface area contributed by atoms with E-state index in [0.29, 0.717) is 35.0 Å². The second-order valence-electron chi connectivity index (χ2n) is 4.25. The Hall–Kier alpha value is -0.480. The quantitative estimate of drug-likeness (QED) is 0.838. The van der Waals surface area contributed by atoms with Gasteiger partial charge in [0.25, 0.3) is 0 Å². The van der Waals surface area contributed by atoms with Crippen molar-refractivity contribution >= 4 is 23.2 Å². The van der Waals surface area contributed by atoms with E-state index in [0.717, 1.165) is 6.54 Å². The maximum Gasteiger partial charge on any atom is 0.156 e. The molecule has 0 aliphatic rings. The summed E-state index contributed by atoms with van der Waals surface area (Å²) in [6, 6.07) is 5.64. The third-order valence-corrected chi connectivity index (χ3v) is 3.26. The second kappa shape index (κ2) is 7.85. The van der Waals surface area contributed by atoms with E-state index in [-0.39, 0.29) is 6.61 Å². The molecule has 0 saturated heterocycles. The van der Waals surface area contributed by atoms with E-state index in [1.165, 1.54) is 0 Å². The monoisotopic (exact) mass is 291 g/mol. The van der Waals surface area contributed by atoms with Crippen LogP contribution >= 0.6 is 23.2 Å². The van der Waals surface area contributed by atoms with Crippen LogP contribution in [0.3, 0.4) is 0 Å². The molecule has 1 N–H and O–H groups in total. The van der Waals surface area contributed by atoms with E-state index in [4.69, 9.17) is 33.0 Å². The molecule has 0 aliphatic heterocycles. The summed E-state index contributed by atoms with van der Waals surface area (Å²) in [6.07, 6.45) is 0. The van der Waals surface area contributed by atoms with Gasteiger partial charge in [-0.15, -0.1) is 0 Å². The zero-order chi connectivity index (χ0) is 13.5. The smallest absolute Gasteiger partial charge is 0.156 e. The average Bonchev–Trinajstić information content (AvgIpc) is 2.31. The topological polar surface area (TPSA) is 32.7 Å². The number of hydrogen-bond acceptors (Lipinski definition) is 3. The highest BCUT2D eigenvalue weighted by atomic mass is 35.5. The molecule has 0 aromatic heterocycles. The molecule has 0 aliphatic carbocycles. The zero-order valence-corrected chi connectivity index (χ0v) is 12.2. The molecular weight excluding hydrogens is 273 g/mol. The number of benzene rings is 1. The van der Waals surface area contributed by atoms with Gasteiger partial charge in [-0.25, -0.2) is 0 Å². The van der Waals surface area contributed by atoms with E-state index in [1.807, 2.05) is 0 Å². The molecule has 0 heterocycles. The fourth-order valence-electron chi connectivity index (χ4n) is 1.64. The highest BCUT2D eigenvalue weighted by Gasteiger charge is 2.10. The van der Waals surface area contributed by atoms with Crippen molar-refractivity contribution in [2.75, 3.05) is 26.3 Å². The summed E-state index contributed by atoms with van der Waals surface area (Å²) in [5.74, 6) is 0.522. The van der Waals surface area contributed by atoms with Crippen LogP contribution in [-0.4, -0.2) is 42.4 Å². The van der Waals surface area contributed by atoms with Crippen LogP contribution in [0.25, 0.3) is 0 Å². The molecule has 0 atom stereocenters. The molecule has 0 spiro atoms. The first-order valence-electron chi connectivity index (χ1n) is 5.98. The van der Waals surface area contributed by atoms with Crippen LogP contribution in [0.5, 0.6) is 5.75 Å². The van der Waals surface area contributed by atoms with Gasteiger partial charge < -0.3 is 9.84 Å². The van der Waals surface area contributed by atoms with Crippen molar-refractivity contribution in [3.63, 3.8) is 0 Å². The Morgan fingerprint density at radius 3 is 2.33 bits per heavy atom. The van der Waals surface area contributed by atoms with Crippen LogP contribution in [0.2, 0.25) is 10.0 Å². The minimum Gasteiger partial charge on any atom is -0.489 e. The van der Waals surface area contributed by atoms with E-state index in [1.54, 1.807) is 18.2 Å². The molecule has 0 unspecified atom stereocenters. The molecule has 5 heteroatoms. The number of aliphatic hydroxyl groups excluding tert-OH is 1. The Balaban J connectivity index is 2.50. The highest BCUT2D eigenvalue weighted by molar-refractivity contribution is 6.37. The lowest BCUT2D eigenvalue weighted by Crippen LogP contribution is -2.36. The number of aliphatic hydroxyl groups is 1. The van der Waals surface area contributed by atoms with Crippen molar-refractivity contribution in [3.8, 4) is 5.75 Å². The lowest BCUT2D eigenvalue weighted by atomic mass is 10.3. The lowest BCUT2D eigenvalue weighted by molar-refractivity contribution is 0.141. The van der Waals surface area contributed by atoms with Crippen LogP contribution in [0.4, 0.5) is 0 Å². The van der Waals surface area contributed by atoms with Gasteiger partial charge in [0.1, 0.15) is 6.61 Å². The molecule has 18 heavy (non-hydrogen) atoms. The molecule has 0 fully saturated rings. The van der Waals surface area contributed by atoms with Gasteiger partial charge in [-0.2, -0.15) is 0 Å². The molecule has 0 saturated carbocycles. The molecule has 1 rings (SSSR count). The van der Waals surface area contributed by atoms with Gasteiger partial charge in [0.05, 0.1) is 16.7 Å². The van der Waals surface area contributed by atoms with Crippen LogP contribution < -0.4 is 4.74 Å². The third kappa shape index (κ3) is 4.65. The summed E-state index contributed by atoms with van der Waals surface area (Å²) in [6.45, 7) is 6.15. The summed E-state index contributed by atoms with van der Waals surface area (Å²) in [5.41, 5.74) is 0. The van der Waals surface area contributed by atoms with Crippen LogP contribution in [0, 0.1) is 0 Å². The van der Waals surface area contributed by atoms with Gasteiger partial charge in [-0.05, 0) is 26.0 Å². The molecule has 102 valence electrons. The summed E-state index contributed by atoms with van der Waals surface area (Å²) >= 11 is 12.0.